The Morgan fingerprint density at radius 1 is 1.21 bits per heavy atom. The van der Waals surface area contributed by atoms with Crippen molar-refractivity contribution in [3.05, 3.63) is 0 Å². The van der Waals surface area contributed by atoms with Gasteiger partial charge in [0.05, 0.1) is 13.2 Å². The highest BCUT2D eigenvalue weighted by molar-refractivity contribution is 4.91. The van der Waals surface area contributed by atoms with Crippen molar-refractivity contribution < 1.29 is 9.47 Å². The molecule has 0 saturated carbocycles. The van der Waals surface area contributed by atoms with Crippen LogP contribution in [0.5, 0.6) is 0 Å². The quantitative estimate of drug-likeness (QED) is 0.716. The van der Waals surface area contributed by atoms with Crippen LogP contribution in [0, 0.1) is 5.41 Å². The fourth-order valence-corrected chi connectivity index (χ4v) is 2.70. The largest absolute Gasteiger partial charge is 0.382 e. The number of nitrogens with one attached hydrogen (secondary N) is 1. The number of hydrogen-bond donors (Lipinski definition) is 1. The van der Waals surface area contributed by atoms with Gasteiger partial charge in [-0.2, -0.15) is 0 Å². The molecule has 0 radical (unpaired) electrons. The lowest BCUT2D eigenvalue weighted by molar-refractivity contribution is 0.0370. The highest BCUT2D eigenvalue weighted by atomic mass is 16.5. The lowest BCUT2D eigenvalue weighted by Gasteiger charge is -2.46. The van der Waals surface area contributed by atoms with Crippen LogP contribution in [0.4, 0.5) is 0 Å². The highest BCUT2D eigenvalue weighted by Crippen LogP contribution is 2.26. The highest BCUT2D eigenvalue weighted by Gasteiger charge is 2.33. The van der Waals surface area contributed by atoms with Crippen molar-refractivity contribution in [1.82, 2.24) is 10.2 Å². The van der Waals surface area contributed by atoms with Gasteiger partial charge in [-0.05, 0) is 18.8 Å². The summed E-state index contributed by atoms with van der Waals surface area (Å²) in [4.78, 5) is 2.63. The number of rotatable bonds is 7. The summed E-state index contributed by atoms with van der Waals surface area (Å²) in [5, 5.41) is 3.60. The van der Waals surface area contributed by atoms with E-state index < -0.39 is 0 Å². The second kappa shape index (κ2) is 8.20. The monoisotopic (exact) mass is 272 g/mol. The van der Waals surface area contributed by atoms with E-state index in [0.29, 0.717) is 30.7 Å². The van der Waals surface area contributed by atoms with Gasteiger partial charge in [0, 0.05) is 45.4 Å². The van der Waals surface area contributed by atoms with Crippen LogP contribution in [-0.4, -0.2) is 63.5 Å². The fourth-order valence-electron chi connectivity index (χ4n) is 2.70. The molecule has 1 fully saturated rings. The summed E-state index contributed by atoms with van der Waals surface area (Å²) in [7, 11) is 1.71. The maximum absolute atomic E-state index is 5.55. The number of ether oxygens (including phenoxy) is 2. The van der Waals surface area contributed by atoms with E-state index in [1.54, 1.807) is 7.11 Å². The third-order valence-electron chi connectivity index (χ3n) is 3.77. The van der Waals surface area contributed by atoms with Crippen molar-refractivity contribution in [2.75, 3.05) is 46.6 Å². The van der Waals surface area contributed by atoms with Crippen LogP contribution >= 0.6 is 0 Å². The maximum Gasteiger partial charge on any atom is 0.0700 e. The molecule has 0 aromatic rings. The van der Waals surface area contributed by atoms with Gasteiger partial charge in [-0.1, -0.05) is 20.8 Å². The van der Waals surface area contributed by atoms with Gasteiger partial charge >= 0.3 is 0 Å². The maximum atomic E-state index is 5.55. The minimum absolute atomic E-state index is 0.323. The molecule has 114 valence electrons. The van der Waals surface area contributed by atoms with E-state index in [0.717, 1.165) is 32.7 Å². The average molecular weight is 272 g/mol. The molecule has 1 aliphatic heterocycles. The molecule has 1 rings (SSSR count). The van der Waals surface area contributed by atoms with Crippen LogP contribution in [0.25, 0.3) is 0 Å². The van der Waals surface area contributed by atoms with Gasteiger partial charge in [-0.3, -0.25) is 4.90 Å². The molecule has 0 aromatic heterocycles. The van der Waals surface area contributed by atoms with E-state index in [9.17, 15) is 0 Å². The molecule has 0 bridgehead atoms. The summed E-state index contributed by atoms with van der Waals surface area (Å²) in [6.07, 6.45) is 1.10. The molecular weight excluding hydrogens is 240 g/mol. The lowest BCUT2D eigenvalue weighted by atomic mass is 9.84. The van der Waals surface area contributed by atoms with Gasteiger partial charge in [0.1, 0.15) is 0 Å². The van der Waals surface area contributed by atoms with Gasteiger partial charge in [-0.25, -0.2) is 0 Å². The number of methoxy groups -OCH3 is 1. The zero-order valence-electron chi connectivity index (χ0n) is 13.4. The third-order valence-corrected chi connectivity index (χ3v) is 3.77. The van der Waals surface area contributed by atoms with Crippen LogP contribution in [0.3, 0.4) is 0 Å². The van der Waals surface area contributed by atoms with Gasteiger partial charge < -0.3 is 14.8 Å². The van der Waals surface area contributed by atoms with Crippen molar-refractivity contribution in [3.63, 3.8) is 0 Å². The molecule has 0 aromatic carbocycles. The normalized spacial score (nSPS) is 25.7. The summed E-state index contributed by atoms with van der Waals surface area (Å²) in [6.45, 7) is 14.8. The predicted molar refractivity (Wildman–Crippen MR) is 79.6 cm³/mol. The minimum atomic E-state index is 0.323. The molecule has 4 nitrogen and oxygen atoms in total. The Bertz CT molecular complexity index is 241. The van der Waals surface area contributed by atoms with Gasteiger partial charge in [0.15, 0.2) is 0 Å². The van der Waals surface area contributed by atoms with Crippen LogP contribution < -0.4 is 5.32 Å². The number of piperazine rings is 1. The van der Waals surface area contributed by atoms with Crippen molar-refractivity contribution in [2.24, 2.45) is 5.41 Å². The summed E-state index contributed by atoms with van der Waals surface area (Å²) in [5.74, 6) is 0. The van der Waals surface area contributed by atoms with Crippen molar-refractivity contribution >= 4 is 0 Å². The van der Waals surface area contributed by atoms with Crippen molar-refractivity contribution in [1.29, 1.82) is 0 Å². The molecule has 4 heteroatoms. The lowest BCUT2D eigenvalue weighted by Crippen LogP contribution is -2.59. The molecule has 0 aliphatic carbocycles. The molecule has 2 unspecified atom stereocenters. The Morgan fingerprint density at radius 2 is 1.95 bits per heavy atom. The zero-order chi connectivity index (χ0) is 14.3. The first-order chi connectivity index (χ1) is 8.95. The third kappa shape index (κ3) is 6.21. The van der Waals surface area contributed by atoms with Crippen LogP contribution in [0.15, 0.2) is 0 Å². The van der Waals surface area contributed by atoms with E-state index >= 15 is 0 Å². The Kier molecular flexibility index (Phi) is 7.29. The summed E-state index contributed by atoms with van der Waals surface area (Å²) >= 11 is 0. The topological polar surface area (TPSA) is 33.7 Å². The Hall–Kier alpha value is -0.160. The van der Waals surface area contributed by atoms with Crippen molar-refractivity contribution in [2.45, 2.75) is 46.2 Å². The summed E-state index contributed by atoms with van der Waals surface area (Å²) in [5.41, 5.74) is 0.323. The second-order valence-electron chi connectivity index (χ2n) is 6.64. The molecule has 1 heterocycles. The Labute approximate surface area is 118 Å². The first kappa shape index (κ1) is 16.9. The van der Waals surface area contributed by atoms with Crippen molar-refractivity contribution in [3.8, 4) is 0 Å². The minimum Gasteiger partial charge on any atom is -0.382 e. The van der Waals surface area contributed by atoms with E-state index in [4.69, 9.17) is 9.47 Å². The predicted octanol–water partition coefficient (Wildman–Crippen LogP) is 1.75. The number of nitrogens with zero attached hydrogens (tertiary/aromatic N) is 1. The first-order valence-electron chi connectivity index (χ1n) is 7.49. The van der Waals surface area contributed by atoms with Gasteiger partial charge in [0.2, 0.25) is 0 Å². The molecule has 0 amide bonds. The zero-order valence-corrected chi connectivity index (χ0v) is 13.4. The fraction of sp³-hybridized carbons (Fsp3) is 1.00. The van der Waals surface area contributed by atoms with E-state index in [1.165, 1.54) is 0 Å². The summed E-state index contributed by atoms with van der Waals surface area (Å²) < 4.78 is 10.5. The molecule has 19 heavy (non-hydrogen) atoms. The van der Waals surface area contributed by atoms with E-state index in [-0.39, 0.29) is 0 Å². The molecular formula is C15H32N2O2. The molecule has 0 spiro atoms. The van der Waals surface area contributed by atoms with Gasteiger partial charge in [-0.15, -0.1) is 0 Å². The van der Waals surface area contributed by atoms with E-state index in [1.807, 2.05) is 0 Å². The number of hydrogen-bond acceptors (Lipinski definition) is 4. The standard InChI is InChI=1S/C15H32N2O2/c1-13-12-17(7-6-8-19-10-9-18-5)14(11-16-13)15(2,3)4/h13-14,16H,6-12H2,1-5H3. The average Bonchev–Trinajstić information content (AvgIpc) is 2.32. The smallest absolute Gasteiger partial charge is 0.0700 e. The Balaban J connectivity index is 2.30. The van der Waals surface area contributed by atoms with Gasteiger partial charge in [0.25, 0.3) is 0 Å². The molecule has 1 aliphatic rings. The SMILES string of the molecule is COCCOCCCN1CC(C)NCC1C(C)(C)C. The molecule has 1 saturated heterocycles. The van der Waals surface area contributed by atoms with E-state index in [2.05, 4.69) is 37.9 Å². The molecule has 1 N–H and O–H groups in total. The first-order valence-corrected chi connectivity index (χ1v) is 7.49. The van der Waals surface area contributed by atoms with Crippen LogP contribution in [-0.2, 0) is 9.47 Å². The summed E-state index contributed by atoms with van der Waals surface area (Å²) in [6, 6.07) is 1.20. The van der Waals surface area contributed by atoms with Crippen LogP contribution in [0.1, 0.15) is 34.1 Å². The Morgan fingerprint density at radius 3 is 2.58 bits per heavy atom. The second-order valence-corrected chi connectivity index (χ2v) is 6.64. The molecule has 2 atom stereocenters. The van der Waals surface area contributed by atoms with Crippen LogP contribution in [0.2, 0.25) is 0 Å².